The van der Waals surface area contributed by atoms with Crippen LogP contribution in [0.1, 0.15) is 48.8 Å². The molecule has 0 atom stereocenters. The van der Waals surface area contributed by atoms with Gasteiger partial charge in [0, 0.05) is 24.0 Å². The maximum atomic E-state index is 13.1. The molecule has 2 heterocycles. The van der Waals surface area contributed by atoms with Crippen molar-refractivity contribution in [2.45, 2.75) is 59.8 Å². The molecular weight excluding hydrogens is 428 g/mol. The number of tetrazole rings is 1. The average molecular weight is 461 g/mol. The fourth-order valence-electron chi connectivity index (χ4n) is 4.16. The minimum Gasteiger partial charge on any atom is -0.497 e. The van der Waals surface area contributed by atoms with Crippen molar-refractivity contribution in [3.8, 4) is 5.75 Å². The summed E-state index contributed by atoms with van der Waals surface area (Å²) >= 11 is 0. The van der Waals surface area contributed by atoms with E-state index in [1.165, 1.54) is 0 Å². The zero-order valence-electron chi connectivity index (χ0n) is 20.7. The lowest BCUT2D eigenvalue weighted by molar-refractivity contribution is 0.223. The number of fused-ring (bicyclic) bond motifs is 1. The molecule has 0 saturated carbocycles. The number of methoxy groups -OCH3 is 1. The number of nitrogens with zero attached hydrogens (tertiary/aromatic N) is 5. The van der Waals surface area contributed by atoms with E-state index in [0.717, 1.165) is 39.2 Å². The molecule has 0 aliphatic carbocycles. The number of aromatic nitrogens is 5. The number of rotatable bonds is 7. The number of aromatic amines is 1. The van der Waals surface area contributed by atoms with Gasteiger partial charge in [0.05, 0.1) is 24.7 Å². The quantitative estimate of drug-likeness (QED) is 0.447. The van der Waals surface area contributed by atoms with E-state index in [4.69, 9.17) is 4.74 Å². The second-order valence-corrected chi connectivity index (χ2v) is 9.78. The molecule has 178 valence electrons. The van der Waals surface area contributed by atoms with Gasteiger partial charge in [0.15, 0.2) is 5.82 Å². The fraction of sp³-hybridized carbons (Fsp3) is 0.385. The molecular formula is C26H32N6O2. The lowest BCUT2D eigenvalue weighted by atomic mass is 10.0. The van der Waals surface area contributed by atoms with Gasteiger partial charge >= 0.3 is 0 Å². The Morgan fingerprint density at radius 3 is 2.38 bits per heavy atom. The van der Waals surface area contributed by atoms with E-state index in [9.17, 15) is 4.79 Å². The topological polar surface area (TPSA) is 88.9 Å². The Hall–Kier alpha value is -3.52. The number of benzene rings is 2. The van der Waals surface area contributed by atoms with Gasteiger partial charge in [0.25, 0.3) is 5.56 Å². The van der Waals surface area contributed by atoms with E-state index in [1.807, 2.05) is 48.0 Å². The Morgan fingerprint density at radius 2 is 1.71 bits per heavy atom. The van der Waals surface area contributed by atoms with Gasteiger partial charge in [-0.1, -0.05) is 24.3 Å². The van der Waals surface area contributed by atoms with Crippen LogP contribution in [-0.4, -0.2) is 37.2 Å². The van der Waals surface area contributed by atoms with E-state index >= 15 is 0 Å². The van der Waals surface area contributed by atoms with Gasteiger partial charge in [0.1, 0.15) is 5.75 Å². The summed E-state index contributed by atoms with van der Waals surface area (Å²) in [5.74, 6) is 1.56. The van der Waals surface area contributed by atoms with Crippen LogP contribution in [0.3, 0.4) is 0 Å². The van der Waals surface area contributed by atoms with Crippen LogP contribution in [0.15, 0.2) is 47.3 Å². The molecule has 0 aliphatic heterocycles. The van der Waals surface area contributed by atoms with E-state index in [0.29, 0.717) is 25.2 Å². The van der Waals surface area contributed by atoms with Crippen molar-refractivity contribution < 1.29 is 4.74 Å². The first-order chi connectivity index (χ1) is 16.2. The van der Waals surface area contributed by atoms with Gasteiger partial charge in [0.2, 0.25) is 0 Å². The van der Waals surface area contributed by atoms with Crippen LogP contribution in [0.2, 0.25) is 0 Å². The smallest absolute Gasteiger partial charge is 0.252 e. The summed E-state index contributed by atoms with van der Waals surface area (Å²) < 4.78 is 7.14. The Bertz CT molecular complexity index is 1350. The Kier molecular flexibility index (Phi) is 6.52. The van der Waals surface area contributed by atoms with Crippen LogP contribution in [0.5, 0.6) is 5.75 Å². The molecule has 0 amide bonds. The lowest BCUT2D eigenvalue weighted by Crippen LogP contribution is -2.31. The highest BCUT2D eigenvalue weighted by molar-refractivity contribution is 5.85. The number of hydrogen-bond acceptors (Lipinski definition) is 6. The molecule has 8 heteroatoms. The largest absolute Gasteiger partial charge is 0.497 e. The minimum absolute atomic E-state index is 0.0728. The van der Waals surface area contributed by atoms with Crippen LogP contribution in [-0.2, 0) is 25.2 Å². The molecule has 0 radical (unpaired) electrons. The van der Waals surface area contributed by atoms with Crippen LogP contribution in [0.25, 0.3) is 10.9 Å². The van der Waals surface area contributed by atoms with Gasteiger partial charge in [-0.15, -0.1) is 5.10 Å². The van der Waals surface area contributed by atoms with Gasteiger partial charge in [-0.3, -0.25) is 9.69 Å². The fourth-order valence-corrected chi connectivity index (χ4v) is 4.16. The van der Waals surface area contributed by atoms with Gasteiger partial charge in [-0.05, 0) is 79.9 Å². The van der Waals surface area contributed by atoms with Gasteiger partial charge in [-0.2, -0.15) is 0 Å². The van der Waals surface area contributed by atoms with E-state index in [-0.39, 0.29) is 11.1 Å². The lowest BCUT2D eigenvalue weighted by Gasteiger charge is -2.25. The van der Waals surface area contributed by atoms with Crippen LogP contribution in [0.4, 0.5) is 0 Å². The Morgan fingerprint density at radius 1 is 1.00 bits per heavy atom. The first-order valence-corrected chi connectivity index (χ1v) is 11.4. The normalized spacial score (nSPS) is 12.0. The third kappa shape index (κ3) is 5.02. The number of pyridine rings is 1. The number of nitrogens with one attached hydrogen (secondary N) is 1. The molecule has 0 unspecified atom stereocenters. The SMILES string of the molecule is COc1ccc(CN(Cc2cc3c(C)ccc(C)c3[nH]c2=O)Cc2nnnn2C(C)(C)C)cc1. The molecule has 8 nitrogen and oxygen atoms in total. The van der Waals surface area contributed by atoms with E-state index < -0.39 is 0 Å². The summed E-state index contributed by atoms with van der Waals surface area (Å²) in [6.07, 6.45) is 0. The standard InChI is InChI=1S/C26H32N6O2/c1-17-7-8-18(2)24-22(17)13-20(25(33)27-24)15-31(14-19-9-11-21(34-6)12-10-19)16-23-28-29-30-32(23)26(3,4)5/h7-13H,14-16H2,1-6H3,(H,27,33). The van der Waals surface area contributed by atoms with Crippen molar-refractivity contribution in [2.75, 3.05) is 7.11 Å². The summed E-state index contributed by atoms with van der Waals surface area (Å²) in [5, 5.41) is 13.5. The third-order valence-corrected chi connectivity index (χ3v) is 6.01. The molecule has 0 bridgehead atoms. The second kappa shape index (κ2) is 9.38. The molecule has 0 spiro atoms. The molecule has 0 aliphatic rings. The number of aryl methyl sites for hydroxylation is 2. The number of ether oxygens (including phenoxy) is 1. The highest BCUT2D eigenvalue weighted by Gasteiger charge is 2.22. The second-order valence-electron chi connectivity index (χ2n) is 9.78. The minimum atomic E-state index is -0.250. The van der Waals surface area contributed by atoms with Crippen LogP contribution in [0, 0.1) is 13.8 Å². The average Bonchev–Trinajstić information content (AvgIpc) is 3.27. The van der Waals surface area contributed by atoms with Crippen LogP contribution < -0.4 is 10.3 Å². The Balaban J connectivity index is 1.70. The summed E-state index contributed by atoms with van der Waals surface area (Å²) in [7, 11) is 1.66. The Labute approximate surface area is 199 Å². The van der Waals surface area contributed by atoms with Crippen LogP contribution >= 0.6 is 0 Å². The summed E-state index contributed by atoms with van der Waals surface area (Å²) in [4.78, 5) is 18.3. The monoisotopic (exact) mass is 460 g/mol. The van der Waals surface area contributed by atoms with Crippen molar-refractivity contribution in [2.24, 2.45) is 0 Å². The summed E-state index contributed by atoms with van der Waals surface area (Å²) in [6, 6.07) is 14.1. The highest BCUT2D eigenvalue weighted by atomic mass is 16.5. The number of H-pyrrole nitrogens is 1. The molecule has 34 heavy (non-hydrogen) atoms. The number of hydrogen-bond donors (Lipinski definition) is 1. The van der Waals surface area contributed by atoms with Crippen molar-refractivity contribution in [1.82, 2.24) is 30.1 Å². The maximum Gasteiger partial charge on any atom is 0.252 e. The van der Waals surface area contributed by atoms with Crippen molar-refractivity contribution in [3.63, 3.8) is 0 Å². The predicted molar refractivity (Wildman–Crippen MR) is 133 cm³/mol. The molecule has 2 aromatic carbocycles. The van der Waals surface area contributed by atoms with Gasteiger partial charge in [-0.25, -0.2) is 4.68 Å². The van der Waals surface area contributed by atoms with E-state index in [1.54, 1.807) is 7.11 Å². The first-order valence-electron chi connectivity index (χ1n) is 11.4. The maximum absolute atomic E-state index is 13.1. The molecule has 4 aromatic rings. The predicted octanol–water partition coefficient (Wildman–Crippen LogP) is 4.10. The molecule has 4 rings (SSSR count). The third-order valence-electron chi connectivity index (χ3n) is 6.01. The van der Waals surface area contributed by atoms with Crippen molar-refractivity contribution in [3.05, 3.63) is 80.9 Å². The highest BCUT2D eigenvalue weighted by Crippen LogP contribution is 2.22. The summed E-state index contributed by atoms with van der Waals surface area (Å²) in [5.41, 5.74) is 4.59. The first kappa shape index (κ1) is 23.6. The van der Waals surface area contributed by atoms with Crippen molar-refractivity contribution in [1.29, 1.82) is 0 Å². The molecule has 2 aromatic heterocycles. The van der Waals surface area contributed by atoms with Gasteiger partial charge < -0.3 is 9.72 Å². The molecule has 1 N–H and O–H groups in total. The van der Waals surface area contributed by atoms with E-state index in [2.05, 4.69) is 59.2 Å². The molecule has 0 saturated heterocycles. The molecule has 0 fully saturated rings. The van der Waals surface area contributed by atoms with Crippen molar-refractivity contribution >= 4 is 10.9 Å². The summed E-state index contributed by atoms with van der Waals surface area (Å²) in [6.45, 7) is 11.9. The zero-order valence-corrected chi connectivity index (χ0v) is 20.7. The zero-order chi connectivity index (χ0) is 24.5.